The van der Waals surface area contributed by atoms with Gasteiger partial charge in [0.05, 0.1) is 0 Å². The summed E-state index contributed by atoms with van der Waals surface area (Å²) in [7, 11) is 0. The van der Waals surface area contributed by atoms with Crippen LogP contribution >= 0.6 is 0 Å². The molecule has 4 atom stereocenters. The van der Waals surface area contributed by atoms with E-state index < -0.39 is 0 Å². The summed E-state index contributed by atoms with van der Waals surface area (Å²) in [6.45, 7) is 5.08. The summed E-state index contributed by atoms with van der Waals surface area (Å²) in [6.07, 6.45) is 11.6. The van der Waals surface area contributed by atoms with E-state index in [-0.39, 0.29) is 0 Å². The number of likely N-dealkylation sites (tertiary alicyclic amines) is 1. The molecule has 2 aliphatic heterocycles. The molecule has 3 rings (SSSR count). The van der Waals surface area contributed by atoms with E-state index in [1.54, 1.807) is 0 Å². The number of hydrogen-bond donors (Lipinski definition) is 1. The van der Waals surface area contributed by atoms with Crippen molar-refractivity contribution in [3.63, 3.8) is 0 Å². The maximum atomic E-state index is 3.74. The highest BCUT2D eigenvalue weighted by Crippen LogP contribution is 2.34. The molecule has 0 bridgehead atoms. The lowest BCUT2D eigenvalue weighted by Crippen LogP contribution is -2.49. The molecule has 0 aromatic heterocycles. The average molecular weight is 236 g/mol. The van der Waals surface area contributed by atoms with Crippen molar-refractivity contribution in [1.82, 2.24) is 10.2 Å². The zero-order valence-corrected chi connectivity index (χ0v) is 11.3. The predicted octanol–water partition coefficient (Wildman–Crippen LogP) is 2.78. The van der Waals surface area contributed by atoms with Crippen molar-refractivity contribution >= 4 is 0 Å². The van der Waals surface area contributed by atoms with Crippen molar-refractivity contribution in [3.05, 3.63) is 0 Å². The largest absolute Gasteiger partial charge is 0.312 e. The van der Waals surface area contributed by atoms with Gasteiger partial charge in [-0.3, -0.25) is 4.90 Å². The number of nitrogens with zero attached hydrogens (tertiary/aromatic N) is 1. The molecular weight excluding hydrogens is 208 g/mol. The molecule has 0 aromatic carbocycles. The van der Waals surface area contributed by atoms with Gasteiger partial charge in [-0.05, 0) is 57.5 Å². The van der Waals surface area contributed by atoms with Gasteiger partial charge >= 0.3 is 0 Å². The third-order valence-electron chi connectivity index (χ3n) is 5.28. The van der Waals surface area contributed by atoms with E-state index in [1.165, 1.54) is 64.5 Å². The Bertz CT molecular complexity index is 247. The van der Waals surface area contributed by atoms with Crippen molar-refractivity contribution in [3.8, 4) is 0 Å². The van der Waals surface area contributed by atoms with Gasteiger partial charge in [-0.25, -0.2) is 0 Å². The van der Waals surface area contributed by atoms with Crippen LogP contribution in [0, 0.1) is 5.92 Å². The molecule has 1 aliphatic carbocycles. The van der Waals surface area contributed by atoms with Crippen LogP contribution in [-0.2, 0) is 0 Å². The maximum Gasteiger partial charge on any atom is 0.0252 e. The van der Waals surface area contributed by atoms with Crippen LogP contribution in [0.5, 0.6) is 0 Å². The molecule has 98 valence electrons. The molecule has 2 saturated heterocycles. The fourth-order valence-corrected chi connectivity index (χ4v) is 4.44. The number of hydrogen-bond acceptors (Lipinski definition) is 2. The molecule has 3 aliphatic rings. The highest BCUT2D eigenvalue weighted by Gasteiger charge is 2.37. The minimum atomic E-state index is 0.815. The predicted molar refractivity (Wildman–Crippen MR) is 72.2 cm³/mol. The van der Waals surface area contributed by atoms with Crippen LogP contribution in [-0.4, -0.2) is 36.1 Å². The minimum absolute atomic E-state index is 0.815. The SMILES string of the molecule is CC1CCCC(N2CCCC2C2CCCN2)C1. The molecule has 3 fully saturated rings. The monoisotopic (exact) mass is 236 g/mol. The molecule has 0 amide bonds. The minimum Gasteiger partial charge on any atom is -0.312 e. The molecule has 17 heavy (non-hydrogen) atoms. The van der Waals surface area contributed by atoms with E-state index in [9.17, 15) is 0 Å². The number of nitrogens with one attached hydrogen (secondary N) is 1. The maximum absolute atomic E-state index is 3.74. The molecule has 2 heteroatoms. The Hall–Kier alpha value is -0.0800. The third kappa shape index (κ3) is 2.53. The van der Waals surface area contributed by atoms with E-state index in [0.29, 0.717) is 0 Å². The van der Waals surface area contributed by atoms with Crippen molar-refractivity contribution in [2.45, 2.75) is 76.4 Å². The summed E-state index contributed by atoms with van der Waals surface area (Å²) < 4.78 is 0. The summed E-state index contributed by atoms with van der Waals surface area (Å²) in [5.41, 5.74) is 0. The van der Waals surface area contributed by atoms with Crippen molar-refractivity contribution < 1.29 is 0 Å². The van der Waals surface area contributed by atoms with Crippen molar-refractivity contribution in [2.75, 3.05) is 13.1 Å². The molecular formula is C15H28N2. The summed E-state index contributed by atoms with van der Waals surface area (Å²) in [4.78, 5) is 2.89. The van der Waals surface area contributed by atoms with Crippen LogP contribution in [0.15, 0.2) is 0 Å². The normalized spacial score (nSPS) is 44.3. The Balaban J connectivity index is 1.64. The Labute approximate surface area is 106 Å². The van der Waals surface area contributed by atoms with Crippen molar-refractivity contribution in [2.24, 2.45) is 5.92 Å². The topological polar surface area (TPSA) is 15.3 Å². The number of rotatable bonds is 2. The Morgan fingerprint density at radius 3 is 2.71 bits per heavy atom. The fourth-order valence-electron chi connectivity index (χ4n) is 4.44. The molecule has 0 spiro atoms. The van der Waals surface area contributed by atoms with Gasteiger partial charge in [0.25, 0.3) is 0 Å². The van der Waals surface area contributed by atoms with Crippen LogP contribution in [0.4, 0.5) is 0 Å². The molecule has 1 saturated carbocycles. The van der Waals surface area contributed by atoms with E-state index in [2.05, 4.69) is 17.1 Å². The van der Waals surface area contributed by atoms with Crippen LogP contribution in [0.2, 0.25) is 0 Å². The van der Waals surface area contributed by atoms with E-state index >= 15 is 0 Å². The van der Waals surface area contributed by atoms with Gasteiger partial charge in [-0.2, -0.15) is 0 Å². The van der Waals surface area contributed by atoms with Crippen LogP contribution < -0.4 is 5.32 Å². The van der Waals surface area contributed by atoms with Gasteiger partial charge in [0.2, 0.25) is 0 Å². The molecule has 0 radical (unpaired) electrons. The first-order chi connectivity index (χ1) is 8.34. The highest BCUT2D eigenvalue weighted by molar-refractivity contribution is 4.95. The van der Waals surface area contributed by atoms with Crippen LogP contribution in [0.1, 0.15) is 58.3 Å². The van der Waals surface area contributed by atoms with Crippen LogP contribution in [0.25, 0.3) is 0 Å². The molecule has 2 heterocycles. The van der Waals surface area contributed by atoms with Gasteiger partial charge in [0, 0.05) is 18.1 Å². The zero-order valence-electron chi connectivity index (χ0n) is 11.3. The quantitative estimate of drug-likeness (QED) is 0.793. The summed E-state index contributed by atoms with van der Waals surface area (Å²) >= 11 is 0. The molecule has 4 unspecified atom stereocenters. The summed E-state index contributed by atoms with van der Waals surface area (Å²) in [5.74, 6) is 0.964. The molecule has 2 nitrogen and oxygen atoms in total. The lowest BCUT2D eigenvalue weighted by molar-refractivity contribution is 0.105. The van der Waals surface area contributed by atoms with Crippen LogP contribution in [0.3, 0.4) is 0 Å². The lowest BCUT2D eigenvalue weighted by Gasteiger charge is -2.39. The van der Waals surface area contributed by atoms with Gasteiger partial charge in [-0.15, -0.1) is 0 Å². The first-order valence-electron chi connectivity index (χ1n) is 7.84. The first-order valence-corrected chi connectivity index (χ1v) is 7.84. The van der Waals surface area contributed by atoms with E-state index in [1.807, 2.05) is 0 Å². The van der Waals surface area contributed by atoms with Crippen molar-refractivity contribution in [1.29, 1.82) is 0 Å². The average Bonchev–Trinajstić information content (AvgIpc) is 3.00. The zero-order chi connectivity index (χ0) is 11.7. The fraction of sp³-hybridized carbons (Fsp3) is 1.00. The van der Waals surface area contributed by atoms with Gasteiger partial charge in [-0.1, -0.05) is 19.8 Å². The Morgan fingerprint density at radius 1 is 1.00 bits per heavy atom. The highest BCUT2D eigenvalue weighted by atomic mass is 15.2. The second kappa shape index (κ2) is 5.27. The third-order valence-corrected chi connectivity index (χ3v) is 5.28. The second-order valence-electron chi connectivity index (χ2n) is 6.58. The lowest BCUT2D eigenvalue weighted by atomic mass is 9.85. The summed E-state index contributed by atoms with van der Waals surface area (Å²) in [6, 6.07) is 2.59. The Morgan fingerprint density at radius 2 is 1.94 bits per heavy atom. The summed E-state index contributed by atoms with van der Waals surface area (Å²) in [5, 5.41) is 3.74. The van der Waals surface area contributed by atoms with E-state index in [4.69, 9.17) is 0 Å². The Kier molecular flexibility index (Phi) is 3.72. The van der Waals surface area contributed by atoms with E-state index in [0.717, 1.165) is 24.0 Å². The standard InChI is InChI=1S/C15H28N2/c1-12-5-2-6-13(11-12)17-10-4-8-15(17)14-7-3-9-16-14/h12-16H,2-11H2,1H3. The second-order valence-corrected chi connectivity index (χ2v) is 6.58. The smallest absolute Gasteiger partial charge is 0.0252 e. The van der Waals surface area contributed by atoms with Gasteiger partial charge in [0.1, 0.15) is 0 Å². The molecule has 0 aromatic rings. The molecule has 1 N–H and O–H groups in total. The van der Waals surface area contributed by atoms with Gasteiger partial charge in [0.15, 0.2) is 0 Å². The van der Waals surface area contributed by atoms with Gasteiger partial charge < -0.3 is 5.32 Å². The first kappa shape index (κ1) is 12.0.